The second kappa shape index (κ2) is 7.16. The van der Waals surface area contributed by atoms with E-state index in [1.165, 1.54) is 7.05 Å². The smallest absolute Gasteiger partial charge is 0.358 e. The van der Waals surface area contributed by atoms with Crippen LogP contribution < -0.4 is 16.2 Å². The summed E-state index contributed by atoms with van der Waals surface area (Å²) in [4.78, 5) is 7.43. The number of anilines is 2. The highest BCUT2D eigenvalue weighted by atomic mass is 35.5. The number of hydrogen-bond acceptors (Lipinski definition) is 5. The topological polar surface area (TPSA) is 67.1 Å². The third-order valence-corrected chi connectivity index (χ3v) is 3.54. The average Bonchev–Trinajstić information content (AvgIpc) is 2.47. The molecule has 1 atom stereocenters. The van der Waals surface area contributed by atoms with E-state index in [4.69, 9.17) is 17.4 Å². The van der Waals surface area contributed by atoms with Gasteiger partial charge in [-0.1, -0.05) is 11.6 Å². The monoisotopic (exact) mass is 399 g/mol. The highest BCUT2D eigenvalue weighted by molar-refractivity contribution is 6.32. The molecule has 26 heavy (non-hydrogen) atoms. The van der Waals surface area contributed by atoms with Crippen LogP contribution in [0.3, 0.4) is 0 Å². The molecule has 0 radical (unpaired) electrons. The van der Waals surface area contributed by atoms with Gasteiger partial charge in [-0.2, -0.15) is 23.1 Å². The highest BCUT2D eigenvalue weighted by Gasteiger charge is 2.37. The Labute approximate surface area is 148 Å². The Morgan fingerprint density at radius 2 is 1.65 bits per heavy atom. The maximum absolute atomic E-state index is 14.1. The van der Waals surface area contributed by atoms with Gasteiger partial charge in [-0.05, 0) is 6.92 Å². The van der Waals surface area contributed by atoms with E-state index < -0.39 is 51.8 Å². The minimum Gasteiger partial charge on any atom is -0.358 e. The number of hydrogen-bond donors (Lipinski definition) is 2. The van der Waals surface area contributed by atoms with Gasteiger partial charge in [0.15, 0.2) is 0 Å². The average molecular weight is 400 g/mol. The van der Waals surface area contributed by atoms with Crippen molar-refractivity contribution in [3.8, 4) is 11.1 Å². The molecule has 0 fully saturated rings. The zero-order valence-corrected chi connectivity index (χ0v) is 14.1. The van der Waals surface area contributed by atoms with Crippen molar-refractivity contribution in [2.45, 2.75) is 19.1 Å². The molecule has 142 valence electrons. The number of halogens is 7. The molecule has 0 aliphatic heterocycles. The van der Waals surface area contributed by atoms with Gasteiger partial charge in [-0.15, -0.1) is 0 Å². The molecule has 0 aliphatic carbocycles. The van der Waals surface area contributed by atoms with Gasteiger partial charge in [0, 0.05) is 19.2 Å². The maximum atomic E-state index is 14.1. The summed E-state index contributed by atoms with van der Waals surface area (Å²) in [5.74, 6) is 0.532. The number of nitrogens with zero attached hydrogens (tertiary/aromatic N) is 3. The van der Waals surface area contributed by atoms with Crippen LogP contribution in [0.25, 0.3) is 11.1 Å². The number of benzene rings is 1. The molecular formula is C14H12ClF6N5. The molecule has 2 aromatic rings. The van der Waals surface area contributed by atoms with Crippen LogP contribution >= 0.6 is 11.6 Å². The molecule has 3 N–H and O–H groups in total. The Balaban J connectivity index is 2.73. The summed E-state index contributed by atoms with van der Waals surface area (Å²) in [5.41, 5.74) is -1.47. The number of aromatic nitrogens is 2. The van der Waals surface area contributed by atoms with Crippen molar-refractivity contribution in [2.24, 2.45) is 5.84 Å². The Hall–Kier alpha value is -2.27. The Morgan fingerprint density at radius 3 is 2.12 bits per heavy atom. The summed E-state index contributed by atoms with van der Waals surface area (Å²) in [5, 5.41) is 2.25. The lowest BCUT2D eigenvalue weighted by Gasteiger charge is -2.22. The third kappa shape index (κ3) is 4.10. The van der Waals surface area contributed by atoms with Crippen molar-refractivity contribution in [3.05, 3.63) is 34.7 Å². The van der Waals surface area contributed by atoms with Crippen molar-refractivity contribution in [1.82, 2.24) is 9.97 Å². The van der Waals surface area contributed by atoms with E-state index in [-0.39, 0.29) is 5.95 Å². The molecule has 2 rings (SSSR count). The van der Waals surface area contributed by atoms with Gasteiger partial charge in [0.1, 0.15) is 34.5 Å². The fraction of sp³-hybridized carbons (Fsp3) is 0.286. The minimum atomic E-state index is -4.69. The molecule has 1 heterocycles. The van der Waals surface area contributed by atoms with Crippen LogP contribution in [0, 0.1) is 17.5 Å². The first-order chi connectivity index (χ1) is 11.9. The van der Waals surface area contributed by atoms with Gasteiger partial charge in [0.25, 0.3) is 0 Å². The number of nitrogens with one attached hydrogen (secondary N) is 1. The van der Waals surface area contributed by atoms with Gasteiger partial charge in [0.2, 0.25) is 5.95 Å². The molecule has 0 saturated carbocycles. The molecule has 1 aromatic carbocycles. The summed E-state index contributed by atoms with van der Waals surface area (Å²) in [7, 11) is 1.28. The highest BCUT2D eigenvalue weighted by Crippen LogP contribution is 2.38. The lowest BCUT2D eigenvalue weighted by molar-refractivity contribution is -0.138. The summed E-state index contributed by atoms with van der Waals surface area (Å²) in [6, 6.07) is -1.43. The molecule has 1 aromatic heterocycles. The third-order valence-electron chi connectivity index (χ3n) is 3.27. The van der Waals surface area contributed by atoms with Crippen molar-refractivity contribution in [3.63, 3.8) is 0 Å². The molecule has 0 unspecified atom stereocenters. The van der Waals surface area contributed by atoms with Crippen LogP contribution in [0.4, 0.5) is 38.1 Å². The maximum Gasteiger partial charge on any atom is 0.408 e. The molecule has 0 bridgehead atoms. The number of nitrogens with two attached hydrogens (primary N) is 1. The Bertz CT molecular complexity index is 803. The second-order valence-corrected chi connectivity index (χ2v) is 5.66. The lowest BCUT2D eigenvalue weighted by atomic mass is 10.1. The quantitative estimate of drug-likeness (QED) is 0.353. The fourth-order valence-electron chi connectivity index (χ4n) is 1.97. The van der Waals surface area contributed by atoms with Crippen molar-refractivity contribution < 1.29 is 26.3 Å². The van der Waals surface area contributed by atoms with Gasteiger partial charge in [0.05, 0.1) is 11.1 Å². The van der Waals surface area contributed by atoms with Crippen LogP contribution in [0.2, 0.25) is 5.15 Å². The van der Waals surface area contributed by atoms with E-state index in [2.05, 4.69) is 9.97 Å². The van der Waals surface area contributed by atoms with Crippen molar-refractivity contribution in [2.75, 3.05) is 17.4 Å². The zero-order valence-electron chi connectivity index (χ0n) is 13.3. The van der Waals surface area contributed by atoms with Crippen LogP contribution in [0.1, 0.15) is 6.92 Å². The fourth-order valence-corrected chi connectivity index (χ4v) is 2.23. The molecule has 0 aliphatic rings. The summed E-state index contributed by atoms with van der Waals surface area (Å²) >= 11 is 5.91. The number of rotatable bonds is 4. The summed E-state index contributed by atoms with van der Waals surface area (Å²) in [6.07, 6.45) is -4.69. The molecule has 5 nitrogen and oxygen atoms in total. The Kier molecular flexibility index (Phi) is 5.52. The first-order valence-corrected chi connectivity index (χ1v) is 7.33. The van der Waals surface area contributed by atoms with Crippen molar-refractivity contribution >= 4 is 23.4 Å². The molecule has 12 heteroatoms. The molecular weight excluding hydrogens is 388 g/mol. The van der Waals surface area contributed by atoms with Gasteiger partial charge in [-0.25, -0.2) is 19.0 Å². The summed E-state index contributed by atoms with van der Waals surface area (Å²) in [6.45, 7) is 0.767. The predicted molar refractivity (Wildman–Crippen MR) is 84.1 cm³/mol. The van der Waals surface area contributed by atoms with Crippen molar-refractivity contribution in [1.29, 1.82) is 0 Å². The Morgan fingerprint density at radius 1 is 1.12 bits per heavy atom. The first kappa shape index (κ1) is 20.0. The van der Waals surface area contributed by atoms with Crippen LogP contribution in [0.5, 0.6) is 0 Å². The molecule has 0 spiro atoms. The number of alkyl halides is 3. The van der Waals surface area contributed by atoms with Gasteiger partial charge < -0.3 is 5.32 Å². The summed E-state index contributed by atoms with van der Waals surface area (Å²) < 4.78 is 80.0. The van der Waals surface area contributed by atoms with Crippen LogP contribution in [-0.2, 0) is 0 Å². The standard InChI is InChI=1S/C14H12ClF6N5/c1-5(14(19,20)21)23-12-10(11(15)24-13(25-12)26(2)22)9-7(17)3-6(16)4-8(9)18/h3-5H,22H2,1-2H3,(H,23,24,25)/t5-/m0/s1. The van der Waals surface area contributed by atoms with Gasteiger partial charge >= 0.3 is 6.18 Å². The minimum absolute atomic E-state index is 0.307. The first-order valence-electron chi connectivity index (χ1n) is 6.96. The largest absolute Gasteiger partial charge is 0.408 e. The van der Waals surface area contributed by atoms with Crippen LogP contribution in [0.15, 0.2) is 12.1 Å². The van der Waals surface area contributed by atoms with E-state index in [1.54, 1.807) is 0 Å². The van der Waals surface area contributed by atoms with E-state index in [0.29, 0.717) is 12.1 Å². The van der Waals surface area contributed by atoms with Crippen LogP contribution in [-0.4, -0.2) is 29.2 Å². The normalized spacial score (nSPS) is 12.8. The second-order valence-electron chi connectivity index (χ2n) is 5.30. The molecule has 0 saturated heterocycles. The predicted octanol–water partition coefficient (Wildman–Crippen LogP) is 3.89. The van der Waals surface area contributed by atoms with E-state index in [1.807, 2.05) is 5.32 Å². The van der Waals surface area contributed by atoms with Gasteiger partial charge in [-0.3, -0.25) is 5.01 Å². The van der Waals surface area contributed by atoms with E-state index >= 15 is 0 Å². The van der Waals surface area contributed by atoms with E-state index in [9.17, 15) is 26.3 Å². The zero-order chi connectivity index (χ0) is 19.8. The van der Waals surface area contributed by atoms with E-state index in [0.717, 1.165) is 11.9 Å². The SMILES string of the molecule is C[C@H](Nc1nc(N(C)N)nc(Cl)c1-c1c(F)cc(F)cc1F)C(F)(F)F. The lowest BCUT2D eigenvalue weighted by Crippen LogP contribution is -2.34. The molecule has 0 amide bonds. The number of hydrazine groups is 1.